The Balaban J connectivity index is 1.61. The van der Waals surface area contributed by atoms with Crippen molar-refractivity contribution in [3.8, 4) is 23.4 Å². The number of ether oxygens (including phenoxy) is 1. The molecular formula is C30H30N4OS. The molecule has 1 aromatic carbocycles. The number of allylic oxidation sites excluding steroid dienone is 6. The number of hydrogen-bond donors (Lipinski definition) is 0. The minimum atomic E-state index is -0.255. The van der Waals surface area contributed by atoms with Crippen LogP contribution in [0.3, 0.4) is 0 Å². The fraction of sp³-hybridized carbons (Fsp3) is 0.367. The van der Waals surface area contributed by atoms with Gasteiger partial charge in [0.05, 0.1) is 10.6 Å². The molecule has 182 valence electrons. The zero-order valence-electron chi connectivity index (χ0n) is 21.1. The number of rotatable bonds is 3. The molecule has 2 aromatic rings. The van der Waals surface area contributed by atoms with Crippen molar-refractivity contribution >= 4 is 22.5 Å². The van der Waals surface area contributed by atoms with E-state index in [9.17, 15) is 10.5 Å². The maximum atomic E-state index is 9.63. The van der Waals surface area contributed by atoms with Crippen LogP contribution in [-0.2, 0) is 4.74 Å². The summed E-state index contributed by atoms with van der Waals surface area (Å²) in [6, 6.07) is 14.5. The molecule has 1 aliphatic carbocycles. The summed E-state index contributed by atoms with van der Waals surface area (Å²) in [6.07, 6.45) is 9.35. The predicted molar refractivity (Wildman–Crippen MR) is 145 cm³/mol. The van der Waals surface area contributed by atoms with E-state index in [1.807, 2.05) is 12.1 Å². The highest BCUT2D eigenvalue weighted by Crippen LogP contribution is 2.47. The van der Waals surface area contributed by atoms with Crippen molar-refractivity contribution in [2.24, 2.45) is 5.41 Å². The zero-order valence-corrected chi connectivity index (χ0v) is 21.9. The van der Waals surface area contributed by atoms with Gasteiger partial charge < -0.3 is 9.64 Å². The van der Waals surface area contributed by atoms with Crippen molar-refractivity contribution in [2.45, 2.75) is 52.9 Å². The lowest BCUT2D eigenvalue weighted by Gasteiger charge is -2.28. The van der Waals surface area contributed by atoms with Crippen LogP contribution in [-0.4, -0.2) is 18.1 Å². The highest BCUT2D eigenvalue weighted by atomic mass is 32.1. The first-order chi connectivity index (χ1) is 17.4. The Bertz CT molecular complexity index is 1360. The minimum Gasteiger partial charge on any atom is -0.461 e. The normalized spacial score (nSPS) is 18.9. The molecule has 5 nitrogen and oxygen atoms in total. The molecule has 3 aliphatic rings. The van der Waals surface area contributed by atoms with E-state index in [2.05, 4.69) is 68.2 Å². The van der Waals surface area contributed by atoms with Gasteiger partial charge in [-0.1, -0.05) is 62.4 Å². The van der Waals surface area contributed by atoms with Crippen LogP contribution in [0.1, 0.15) is 57.8 Å². The number of piperidine rings is 1. The Kier molecular flexibility index (Phi) is 6.56. The van der Waals surface area contributed by atoms with Gasteiger partial charge in [-0.25, -0.2) is 4.98 Å². The van der Waals surface area contributed by atoms with Crippen LogP contribution in [0.4, 0.5) is 5.13 Å². The molecule has 0 bridgehead atoms. The summed E-state index contributed by atoms with van der Waals surface area (Å²) in [6.45, 7) is 8.35. The van der Waals surface area contributed by atoms with Crippen molar-refractivity contribution in [2.75, 3.05) is 18.0 Å². The van der Waals surface area contributed by atoms with Gasteiger partial charge in [0.15, 0.2) is 5.13 Å². The Labute approximate surface area is 217 Å². The smallest absolute Gasteiger partial charge is 0.186 e. The Morgan fingerprint density at radius 1 is 1.06 bits per heavy atom. The molecule has 6 heteroatoms. The van der Waals surface area contributed by atoms with Crippen LogP contribution in [0, 0.1) is 28.1 Å². The molecule has 0 unspecified atom stereocenters. The van der Waals surface area contributed by atoms with Crippen molar-refractivity contribution in [1.82, 2.24) is 4.98 Å². The monoisotopic (exact) mass is 494 g/mol. The topological polar surface area (TPSA) is 72.9 Å². The van der Waals surface area contributed by atoms with E-state index < -0.39 is 0 Å². The maximum absolute atomic E-state index is 9.63. The quantitative estimate of drug-likeness (QED) is 0.412. The van der Waals surface area contributed by atoms with Crippen molar-refractivity contribution in [3.63, 3.8) is 0 Å². The van der Waals surface area contributed by atoms with Gasteiger partial charge in [0.25, 0.3) is 0 Å². The number of nitriles is 2. The lowest BCUT2D eigenvalue weighted by molar-refractivity contribution is 0.219. The van der Waals surface area contributed by atoms with Crippen LogP contribution in [0.2, 0.25) is 0 Å². The van der Waals surface area contributed by atoms with Crippen molar-refractivity contribution in [1.29, 1.82) is 10.5 Å². The van der Waals surface area contributed by atoms with Gasteiger partial charge in [-0.2, -0.15) is 10.5 Å². The maximum Gasteiger partial charge on any atom is 0.186 e. The molecule has 1 aromatic heterocycles. The number of hydrogen-bond acceptors (Lipinski definition) is 6. The number of benzene rings is 1. The zero-order chi connectivity index (χ0) is 25.3. The summed E-state index contributed by atoms with van der Waals surface area (Å²) in [5.41, 5.74) is 4.74. The summed E-state index contributed by atoms with van der Waals surface area (Å²) in [5, 5.41) is 20.3. The predicted octanol–water partition coefficient (Wildman–Crippen LogP) is 7.54. The third kappa shape index (κ3) is 4.62. The van der Waals surface area contributed by atoms with E-state index in [0.29, 0.717) is 5.57 Å². The van der Waals surface area contributed by atoms with Crippen LogP contribution in [0.25, 0.3) is 17.3 Å². The lowest BCUT2D eigenvalue weighted by atomic mass is 9.88. The molecule has 0 amide bonds. The van der Waals surface area contributed by atoms with Gasteiger partial charge in [-0.05, 0) is 49.8 Å². The van der Waals surface area contributed by atoms with Gasteiger partial charge in [0, 0.05) is 35.2 Å². The molecule has 3 heterocycles. The third-order valence-corrected chi connectivity index (χ3v) is 7.94. The molecular weight excluding hydrogens is 464 g/mol. The SMILES string of the molecule is CC(C)(C)C1=CC(=C(C#N)C#N)C2=C(O1)/C(=C/c1sc(N3CCCCC3)nc1-c1ccccc1)CC2. The van der Waals surface area contributed by atoms with Crippen LogP contribution in [0.15, 0.2) is 70.2 Å². The standard InChI is InChI=1S/C30H30N4OS/c1-30(2,3)26-17-24(22(18-31)19-32)23-13-12-21(28(23)35-26)16-25-27(20-10-6-4-7-11-20)33-29(36-25)34-14-8-5-9-15-34/h4,6-7,10-11,16-17H,5,8-9,12-15H2,1-3H3/b21-16+. The van der Waals surface area contributed by atoms with Crippen LogP contribution >= 0.6 is 11.3 Å². The van der Waals surface area contributed by atoms with E-state index in [0.717, 1.165) is 69.9 Å². The van der Waals surface area contributed by atoms with E-state index >= 15 is 0 Å². The number of thiazole rings is 1. The van der Waals surface area contributed by atoms with Gasteiger partial charge >= 0.3 is 0 Å². The molecule has 0 N–H and O–H groups in total. The lowest BCUT2D eigenvalue weighted by Crippen LogP contribution is -2.29. The second-order valence-corrected chi connectivity index (χ2v) is 11.5. The highest BCUT2D eigenvalue weighted by Gasteiger charge is 2.34. The largest absolute Gasteiger partial charge is 0.461 e. The number of anilines is 1. The second-order valence-electron chi connectivity index (χ2n) is 10.5. The molecule has 1 saturated heterocycles. The Morgan fingerprint density at radius 3 is 2.44 bits per heavy atom. The summed E-state index contributed by atoms with van der Waals surface area (Å²) < 4.78 is 6.49. The molecule has 2 aliphatic heterocycles. The van der Waals surface area contributed by atoms with Gasteiger partial charge in [0.2, 0.25) is 0 Å². The first-order valence-electron chi connectivity index (χ1n) is 12.6. The molecule has 0 spiro atoms. The van der Waals surface area contributed by atoms with Crippen LogP contribution in [0.5, 0.6) is 0 Å². The summed E-state index contributed by atoms with van der Waals surface area (Å²) >= 11 is 1.74. The van der Waals surface area contributed by atoms with E-state index in [4.69, 9.17) is 9.72 Å². The number of aromatic nitrogens is 1. The first kappa shape index (κ1) is 24.1. The highest BCUT2D eigenvalue weighted by molar-refractivity contribution is 7.17. The van der Waals surface area contributed by atoms with Gasteiger partial charge in [-0.3, -0.25) is 0 Å². The van der Waals surface area contributed by atoms with Gasteiger partial charge in [0.1, 0.15) is 29.2 Å². The molecule has 5 rings (SSSR count). The van der Waals surface area contributed by atoms with Crippen molar-refractivity contribution in [3.05, 3.63) is 75.1 Å². The van der Waals surface area contributed by atoms with E-state index in [1.54, 1.807) is 11.3 Å². The van der Waals surface area contributed by atoms with Gasteiger partial charge in [-0.15, -0.1) is 0 Å². The molecule has 36 heavy (non-hydrogen) atoms. The minimum absolute atomic E-state index is 0.143. The van der Waals surface area contributed by atoms with E-state index in [-0.39, 0.29) is 11.0 Å². The summed E-state index contributed by atoms with van der Waals surface area (Å²) in [4.78, 5) is 8.64. The van der Waals surface area contributed by atoms with Crippen molar-refractivity contribution < 1.29 is 4.74 Å². The summed E-state index contributed by atoms with van der Waals surface area (Å²) in [5.74, 6) is 1.57. The van der Waals surface area contributed by atoms with Crippen LogP contribution < -0.4 is 4.90 Å². The van der Waals surface area contributed by atoms with E-state index in [1.165, 1.54) is 19.3 Å². The molecule has 1 fully saturated rings. The Morgan fingerprint density at radius 2 is 1.78 bits per heavy atom. The third-order valence-electron chi connectivity index (χ3n) is 6.88. The fourth-order valence-corrected chi connectivity index (χ4v) is 6.00. The average Bonchev–Trinajstić information content (AvgIpc) is 3.50. The average molecular weight is 495 g/mol. The Hall–Kier alpha value is -3.61. The molecule has 0 radical (unpaired) electrons. The first-order valence-corrected chi connectivity index (χ1v) is 13.4. The molecule has 0 atom stereocenters. The second kappa shape index (κ2) is 9.80. The summed E-state index contributed by atoms with van der Waals surface area (Å²) in [7, 11) is 0. The molecule has 0 saturated carbocycles. The number of nitrogens with zero attached hydrogens (tertiary/aromatic N) is 4. The fourth-order valence-electron chi connectivity index (χ4n) is 4.90.